The minimum atomic E-state index is -0.228. The lowest BCUT2D eigenvalue weighted by Gasteiger charge is -2.16. The molecule has 1 heterocycles. The fourth-order valence-corrected chi connectivity index (χ4v) is 2.86. The third-order valence-corrected chi connectivity index (χ3v) is 4.35. The topological polar surface area (TPSA) is 67.9 Å². The smallest absolute Gasteiger partial charge is 0.258 e. The Morgan fingerprint density at radius 1 is 1.04 bits per heavy atom. The first-order valence-corrected chi connectivity index (χ1v) is 9.18. The summed E-state index contributed by atoms with van der Waals surface area (Å²) in [6, 6.07) is 14.2. The molecule has 1 saturated heterocycles. The number of ether oxygens (including phenoxy) is 2. The summed E-state index contributed by atoms with van der Waals surface area (Å²) < 4.78 is 11.0. The molecule has 0 aliphatic carbocycles. The molecule has 6 nitrogen and oxygen atoms in total. The van der Waals surface area contributed by atoms with Gasteiger partial charge in [-0.1, -0.05) is 11.6 Å². The summed E-state index contributed by atoms with van der Waals surface area (Å²) in [6.45, 7) is 1.40. The quantitative estimate of drug-likeness (QED) is 0.706. The molecular formula is C20H21ClN2O4. The molecule has 2 amide bonds. The number of anilines is 1. The van der Waals surface area contributed by atoms with Crippen LogP contribution in [0.3, 0.4) is 0 Å². The largest absolute Gasteiger partial charge is 0.492 e. The summed E-state index contributed by atoms with van der Waals surface area (Å²) in [4.78, 5) is 25.3. The summed E-state index contributed by atoms with van der Waals surface area (Å²) in [5.74, 6) is 1.19. The van der Waals surface area contributed by atoms with Gasteiger partial charge in [0.25, 0.3) is 5.91 Å². The molecule has 142 valence electrons. The van der Waals surface area contributed by atoms with Gasteiger partial charge >= 0.3 is 0 Å². The molecule has 3 rings (SSSR count). The minimum Gasteiger partial charge on any atom is -0.492 e. The maximum Gasteiger partial charge on any atom is 0.258 e. The number of benzene rings is 2. The molecule has 1 fully saturated rings. The van der Waals surface area contributed by atoms with Crippen molar-refractivity contribution in [2.45, 2.75) is 12.8 Å². The van der Waals surface area contributed by atoms with Crippen molar-refractivity contribution in [1.82, 2.24) is 5.32 Å². The Kier molecular flexibility index (Phi) is 6.54. The van der Waals surface area contributed by atoms with E-state index in [0.29, 0.717) is 36.1 Å². The van der Waals surface area contributed by atoms with E-state index >= 15 is 0 Å². The fraction of sp³-hybridized carbons (Fsp3) is 0.300. The lowest BCUT2D eigenvalue weighted by atomic mass is 10.3. The maximum atomic E-state index is 11.8. The van der Waals surface area contributed by atoms with Gasteiger partial charge in [-0.3, -0.25) is 9.59 Å². The number of nitrogens with one attached hydrogen (secondary N) is 1. The highest BCUT2D eigenvalue weighted by atomic mass is 35.5. The molecule has 0 saturated carbocycles. The number of carbonyl (C=O) groups excluding carboxylic acids is 2. The second kappa shape index (κ2) is 9.28. The molecule has 2 aromatic rings. The Labute approximate surface area is 163 Å². The molecule has 0 bridgehead atoms. The first kappa shape index (κ1) is 19.0. The van der Waals surface area contributed by atoms with Crippen LogP contribution in [0.4, 0.5) is 5.69 Å². The van der Waals surface area contributed by atoms with Crippen LogP contribution in [0.15, 0.2) is 48.5 Å². The van der Waals surface area contributed by atoms with Gasteiger partial charge < -0.3 is 19.7 Å². The van der Waals surface area contributed by atoms with Gasteiger partial charge in [0.1, 0.15) is 18.1 Å². The Hall–Kier alpha value is -2.73. The van der Waals surface area contributed by atoms with E-state index in [-0.39, 0.29) is 18.4 Å². The molecule has 0 unspecified atom stereocenters. The number of halogens is 1. The van der Waals surface area contributed by atoms with Crippen molar-refractivity contribution >= 4 is 29.1 Å². The molecule has 1 aliphatic rings. The Bertz CT molecular complexity index is 778. The lowest BCUT2D eigenvalue weighted by Crippen LogP contribution is -2.32. The van der Waals surface area contributed by atoms with Gasteiger partial charge in [-0.15, -0.1) is 0 Å². The second-order valence-electron chi connectivity index (χ2n) is 6.08. The fourth-order valence-electron chi connectivity index (χ4n) is 2.73. The lowest BCUT2D eigenvalue weighted by molar-refractivity contribution is -0.123. The molecule has 0 spiro atoms. The molecule has 0 aromatic heterocycles. The SMILES string of the molecule is O=C(COc1ccc(N2CCCC2=O)cc1)NCCOc1ccc(Cl)cc1. The highest BCUT2D eigenvalue weighted by Crippen LogP contribution is 2.23. The molecule has 2 aromatic carbocycles. The van der Waals surface area contributed by atoms with Gasteiger partial charge in [0.05, 0.1) is 6.54 Å². The maximum absolute atomic E-state index is 11.8. The zero-order valence-corrected chi connectivity index (χ0v) is 15.6. The highest BCUT2D eigenvalue weighted by molar-refractivity contribution is 6.30. The first-order chi connectivity index (χ1) is 13.1. The molecule has 0 atom stereocenters. The normalized spacial score (nSPS) is 13.5. The van der Waals surface area contributed by atoms with Crippen molar-refractivity contribution in [2.24, 2.45) is 0 Å². The van der Waals surface area contributed by atoms with Crippen LogP contribution in [0.1, 0.15) is 12.8 Å². The van der Waals surface area contributed by atoms with Crippen molar-refractivity contribution in [3.63, 3.8) is 0 Å². The Balaban J connectivity index is 1.35. The van der Waals surface area contributed by atoms with E-state index in [1.807, 2.05) is 12.1 Å². The van der Waals surface area contributed by atoms with E-state index < -0.39 is 0 Å². The third-order valence-electron chi connectivity index (χ3n) is 4.10. The van der Waals surface area contributed by atoms with Gasteiger partial charge in [0.15, 0.2) is 6.61 Å². The molecule has 0 radical (unpaired) electrons. The number of nitrogens with zero attached hydrogens (tertiary/aromatic N) is 1. The Morgan fingerprint density at radius 2 is 1.70 bits per heavy atom. The van der Waals surface area contributed by atoms with E-state index in [1.54, 1.807) is 41.3 Å². The van der Waals surface area contributed by atoms with Crippen LogP contribution in [-0.2, 0) is 9.59 Å². The van der Waals surface area contributed by atoms with E-state index in [4.69, 9.17) is 21.1 Å². The number of hydrogen-bond acceptors (Lipinski definition) is 4. The van der Waals surface area contributed by atoms with E-state index in [9.17, 15) is 9.59 Å². The average Bonchev–Trinajstić information content (AvgIpc) is 3.11. The van der Waals surface area contributed by atoms with E-state index in [1.165, 1.54) is 0 Å². The van der Waals surface area contributed by atoms with Crippen LogP contribution in [0.5, 0.6) is 11.5 Å². The standard InChI is InChI=1S/C20H21ClN2O4/c21-15-3-7-17(8-4-15)26-13-11-22-19(24)14-27-18-9-5-16(6-10-18)23-12-1-2-20(23)25/h3-10H,1-2,11-14H2,(H,22,24). The van der Waals surface area contributed by atoms with Crippen molar-refractivity contribution in [2.75, 3.05) is 31.2 Å². The van der Waals surface area contributed by atoms with E-state index in [0.717, 1.165) is 18.7 Å². The second-order valence-corrected chi connectivity index (χ2v) is 6.52. The van der Waals surface area contributed by atoms with Gasteiger partial charge in [0, 0.05) is 23.7 Å². The van der Waals surface area contributed by atoms with Crippen LogP contribution in [0, 0.1) is 0 Å². The van der Waals surface area contributed by atoms with Crippen LogP contribution >= 0.6 is 11.6 Å². The van der Waals surface area contributed by atoms with Crippen molar-refractivity contribution in [3.8, 4) is 11.5 Å². The van der Waals surface area contributed by atoms with Crippen molar-refractivity contribution in [3.05, 3.63) is 53.6 Å². The van der Waals surface area contributed by atoms with Crippen molar-refractivity contribution < 1.29 is 19.1 Å². The monoisotopic (exact) mass is 388 g/mol. The molecular weight excluding hydrogens is 368 g/mol. The zero-order chi connectivity index (χ0) is 19.1. The number of rotatable bonds is 8. The van der Waals surface area contributed by atoms with Crippen LogP contribution in [-0.4, -0.2) is 38.1 Å². The average molecular weight is 389 g/mol. The van der Waals surface area contributed by atoms with Gasteiger partial charge in [0.2, 0.25) is 5.91 Å². The summed E-state index contributed by atoms with van der Waals surface area (Å²) >= 11 is 5.80. The summed E-state index contributed by atoms with van der Waals surface area (Å²) in [7, 11) is 0. The minimum absolute atomic E-state index is 0.0804. The number of amides is 2. The summed E-state index contributed by atoms with van der Waals surface area (Å²) in [5.41, 5.74) is 0.855. The Morgan fingerprint density at radius 3 is 2.37 bits per heavy atom. The van der Waals surface area contributed by atoms with Gasteiger partial charge in [-0.25, -0.2) is 0 Å². The predicted octanol–water partition coefficient (Wildman–Crippen LogP) is 3.04. The zero-order valence-electron chi connectivity index (χ0n) is 14.8. The van der Waals surface area contributed by atoms with Gasteiger partial charge in [-0.05, 0) is 55.0 Å². The molecule has 1 aliphatic heterocycles. The summed E-state index contributed by atoms with van der Waals surface area (Å²) in [6.07, 6.45) is 1.49. The van der Waals surface area contributed by atoms with Crippen LogP contribution in [0.25, 0.3) is 0 Å². The van der Waals surface area contributed by atoms with Crippen LogP contribution < -0.4 is 19.7 Å². The predicted molar refractivity (Wildman–Crippen MR) is 103 cm³/mol. The van der Waals surface area contributed by atoms with Crippen molar-refractivity contribution in [1.29, 1.82) is 0 Å². The number of carbonyl (C=O) groups is 2. The summed E-state index contributed by atoms with van der Waals surface area (Å²) in [5, 5.41) is 3.37. The highest BCUT2D eigenvalue weighted by Gasteiger charge is 2.21. The van der Waals surface area contributed by atoms with Gasteiger partial charge in [-0.2, -0.15) is 0 Å². The van der Waals surface area contributed by atoms with E-state index in [2.05, 4.69) is 5.32 Å². The molecule has 7 heteroatoms. The molecule has 27 heavy (non-hydrogen) atoms. The third kappa shape index (κ3) is 5.62. The molecule has 1 N–H and O–H groups in total. The number of hydrogen-bond donors (Lipinski definition) is 1. The van der Waals surface area contributed by atoms with Crippen LogP contribution in [0.2, 0.25) is 5.02 Å². The first-order valence-electron chi connectivity index (χ1n) is 8.80.